The maximum atomic E-state index is 9.69. The number of pyridine rings is 1. The van der Waals surface area contributed by atoms with Gasteiger partial charge in [-0.15, -0.1) is 11.8 Å². The van der Waals surface area contributed by atoms with Gasteiger partial charge < -0.3 is 0 Å². The summed E-state index contributed by atoms with van der Waals surface area (Å²) in [4.78, 5) is 4.68. The van der Waals surface area contributed by atoms with E-state index in [1.54, 1.807) is 28.5 Å². The van der Waals surface area contributed by atoms with E-state index in [1.165, 1.54) is 5.56 Å². The van der Waals surface area contributed by atoms with Gasteiger partial charge in [-0.3, -0.25) is 4.57 Å². The number of hydrogen-bond acceptors (Lipinski definition) is 4. The smallest absolute Gasteiger partial charge is 0.145 e. The van der Waals surface area contributed by atoms with E-state index >= 15 is 0 Å². The molecule has 6 heteroatoms. The normalized spacial score (nSPS) is 10.5. The fraction of sp³-hybridized carbons (Fsp3) is 0.0455. The van der Waals surface area contributed by atoms with E-state index in [4.69, 9.17) is 11.6 Å². The molecule has 2 aromatic heterocycles. The summed E-state index contributed by atoms with van der Waals surface area (Å²) in [6.45, 7) is 0. The summed E-state index contributed by atoms with van der Waals surface area (Å²) in [7, 11) is 0. The summed E-state index contributed by atoms with van der Waals surface area (Å²) in [5, 5.41) is 20.8. The van der Waals surface area contributed by atoms with Gasteiger partial charge >= 0.3 is 0 Å². The predicted molar refractivity (Wildman–Crippen MR) is 112 cm³/mol. The molecule has 0 aliphatic heterocycles. The van der Waals surface area contributed by atoms with Crippen LogP contribution in [-0.2, 0) is 5.75 Å². The van der Waals surface area contributed by atoms with Crippen molar-refractivity contribution >= 4 is 34.4 Å². The van der Waals surface area contributed by atoms with Crippen LogP contribution in [0.1, 0.15) is 16.8 Å². The van der Waals surface area contributed by atoms with Crippen LogP contribution < -0.4 is 0 Å². The van der Waals surface area contributed by atoms with Crippen molar-refractivity contribution in [3.05, 3.63) is 88.6 Å². The number of rotatable bonds is 4. The van der Waals surface area contributed by atoms with Crippen molar-refractivity contribution in [3.63, 3.8) is 0 Å². The van der Waals surface area contributed by atoms with Crippen LogP contribution in [0.2, 0.25) is 5.02 Å². The SMILES string of the molecule is N#Cc1c(C#N)n(-c2ccc(Cl)cc2)c2ccc(SCc3ccccc3)nc12. The van der Waals surface area contributed by atoms with Crippen LogP contribution >= 0.6 is 23.4 Å². The van der Waals surface area contributed by atoms with Crippen molar-refractivity contribution < 1.29 is 0 Å². The molecule has 0 fully saturated rings. The number of hydrogen-bond donors (Lipinski definition) is 0. The Labute approximate surface area is 171 Å². The highest BCUT2D eigenvalue weighted by atomic mass is 35.5. The largest absolute Gasteiger partial charge is 0.298 e. The zero-order valence-corrected chi connectivity index (χ0v) is 16.2. The maximum Gasteiger partial charge on any atom is 0.145 e. The molecule has 134 valence electrons. The Kier molecular flexibility index (Phi) is 5.04. The Hall–Kier alpha value is -3.25. The Morgan fingerprint density at radius 3 is 2.36 bits per heavy atom. The zero-order valence-electron chi connectivity index (χ0n) is 14.6. The Balaban J connectivity index is 1.80. The van der Waals surface area contributed by atoms with Gasteiger partial charge in [0.15, 0.2) is 0 Å². The number of halogens is 1. The predicted octanol–water partition coefficient (Wildman–Crippen LogP) is 5.71. The Bertz CT molecular complexity index is 1230. The highest BCUT2D eigenvalue weighted by Crippen LogP contribution is 2.31. The number of nitrogens with zero attached hydrogens (tertiary/aromatic N) is 4. The third kappa shape index (κ3) is 3.34. The van der Waals surface area contributed by atoms with Crippen LogP contribution in [0.5, 0.6) is 0 Å². The minimum absolute atomic E-state index is 0.275. The van der Waals surface area contributed by atoms with Crippen LogP contribution in [0.4, 0.5) is 0 Å². The molecule has 0 saturated carbocycles. The highest BCUT2D eigenvalue weighted by Gasteiger charge is 2.20. The summed E-state index contributed by atoms with van der Waals surface area (Å²) in [5.41, 5.74) is 3.78. The number of benzene rings is 2. The molecule has 0 radical (unpaired) electrons. The third-order valence-electron chi connectivity index (χ3n) is 4.32. The van der Waals surface area contributed by atoms with Gasteiger partial charge in [0, 0.05) is 16.5 Å². The lowest BCUT2D eigenvalue weighted by atomic mass is 10.2. The van der Waals surface area contributed by atoms with E-state index < -0.39 is 0 Å². The highest BCUT2D eigenvalue weighted by molar-refractivity contribution is 7.98. The molecule has 0 aliphatic rings. The fourth-order valence-corrected chi connectivity index (χ4v) is 3.98. The maximum absolute atomic E-state index is 9.69. The van der Waals surface area contributed by atoms with Gasteiger partial charge in [0.1, 0.15) is 28.9 Å². The average molecular weight is 401 g/mol. The van der Waals surface area contributed by atoms with Crippen molar-refractivity contribution in [3.8, 4) is 17.8 Å². The first-order chi connectivity index (χ1) is 13.7. The molecule has 0 spiro atoms. The van der Waals surface area contributed by atoms with Gasteiger partial charge in [-0.25, -0.2) is 4.98 Å². The second-order valence-electron chi connectivity index (χ2n) is 6.05. The Morgan fingerprint density at radius 1 is 0.929 bits per heavy atom. The summed E-state index contributed by atoms with van der Waals surface area (Å²) in [6.07, 6.45) is 0. The van der Waals surface area contributed by atoms with Gasteiger partial charge in [-0.1, -0.05) is 41.9 Å². The molecule has 4 rings (SSSR count). The lowest BCUT2D eigenvalue weighted by molar-refractivity contribution is 1.08. The number of nitriles is 2. The fourth-order valence-electron chi connectivity index (χ4n) is 3.02. The van der Waals surface area contributed by atoms with Gasteiger partial charge in [0.25, 0.3) is 0 Å². The molecule has 0 bridgehead atoms. The molecule has 4 aromatic rings. The molecular weight excluding hydrogens is 388 g/mol. The number of fused-ring (bicyclic) bond motifs is 1. The molecule has 28 heavy (non-hydrogen) atoms. The van der Waals surface area contributed by atoms with E-state index in [2.05, 4.69) is 29.3 Å². The van der Waals surface area contributed by atoms with Crippen molar-refractivity contribution in [1.29, 1.82) is 10.5 Å². The van der Waals surface area contributed by atoms with Crippen LogP contribution in [-0.4, -0.2) is 9.55 Å². The number of aromatic nitrogens is 2. The minimum atomic E-state index is 0.275. The standard InChI is InChI=1S/C22H13ClN4S/c23-16-6-8-17(9-7-16)27-19-10-11-21(28-14-15-4-2-1-3-5-15)26-22(19)18(12-24)20(27)13-25/h1-11H,14H2. The van der Waals surface area contributed by atoms with Crippen LogP contribution in [0.15, 0.2) is 71.8 Å². The molecule has 0 aliphatic carbocycles. The first kappa shape index (κ1) is 18.1. The third-order valence-corrected chi connectivity index (χ3v) is 5.57. The van der Waals surface area contributed by atoms with Crippen LogP contribution in [0, 0.1) is 22.7 Å². The molecule has 0 unspecified atom stereocenters. The molecule has 0 N–H and O–H groups in total. The summed E-state index contributed by atoms with van der Waals surface area (Å²) < 4.78 is 1.75. The van der Waals surface area contributed by atoms with E-state index in [1.807, 2.05) is 42.5 Å². The van der Waals surface area contributed by atoms with Crippen molar-refractivity contribution in [1.82, 2.24) is 9.55 Å². The summed E-state index contributed by atoms with van der Waals surface area (Å²) in [5.74, 6) is 0.782. The summed E-state index contributed by atoms with van der Waals surface area (Å²) >= 11 is 7.59. The monoisotopic (exact) mass is 400 g/mol. The van der Waals surface area contributed by atoms with Crippen molar-refractivity contribution in [2.24, 2.45) is 0 Å². The first-order valence-electron chi connectivity index (χ1n) is 8.49. The summed E-state index contributed by atoms with van der Waals surface area (Å²) in [6, 6.07) is 25.4. The topological polar surface area (TPSA) is 65.4 Å². The second kappa shape index (κ2) is 7.78. The average Bonchev–Trinajstić information content (AvgIpc) is 3.06. The molecule has 4 nitrogen and oxygen atoms in total. The van der Waals surface area contributed by atoms with E-state index in [0.717, 1.165) is 22.0 Å². The van der Waals surface area contributed by atoms with Crippen LogP contribution in [0.25, 0.3) is 16.7 Å². The molecule has 2 heterocycles. The number of thioether (sulfide) groups is 1. The van der Waals surface area contributed by atoms with Crippen molar-refractivity contribution in [2.45, 2.75) is 10.8 Å². The Morgan fingerprint density at radius 2 is 1.68 bits per heavy atom. The zero-order chi connectivity index (χ0) is 19.5. The molecule has 0 atom stereocenters. The molecular formula is C22H13ClN4S. The molecule has 0 saturated heterocycles. The molecule has 0 amide bonds. The van der Waals surface area contributed by atoms with Gasteiger partial charge in [-0.2, -0.15) is 10.5 Å². The second-order valence-corrected chi connectivity index (χ2v) is 7.48. The van der Waals surface area contributed by atoms with Crippen molar-refractivity contribution in [2.75, 3.05) is 0 Å². The minimum Gasteiger partial charge on any atom is -0.298 e. The lowest BCUT2D eigenvalue weighted by Crippen LogP contribution is -1.97. The van der Waals surface area contributed by atoms with Crippen LogP contribution in [0.3, 0.4) is 0 Å². The van der Waals surface area contributed by atoms with E-state index in [9.17, 15) is 10.5 Å². The van der Waals surface area contributed by atoms with E-state index in [0.29, 0.717) is 10.5 Å². The molecule has 2 aromatic carbocycles. The first-order valence-corrected chi connectivity index (χ1v) is 9.86. The van der Waals surface area contributed by atoms with Gasteiger partial charge in [0.05, 0.1) is 10.5 Å². The lowest BCUT2D eigenvalue weighted by Gasteiger charge is -2.07. The van der Waals surface area contributed by atoms with E-state index in [-0.39, 0.29) is 11.3 Å². The quantitative estimate of drug-likeness (QED) is 0.411. The van der Waals surface area contributed by atoms with Gasteiger partial charge in [-0.05, 0) is 42.0 Å². The van der Waals surface area contributed by atoms with Gasteiger partial charge in [0.2, 0.25) is 0 Å².